The Balaban J connectivity index is 1.87. The summed E-state index contributed by atoms with van der Waals surface area (Å²) in [6.07, 6.45) is 0. The van der Waals surface area contributed by atoms with E-state index >= 15 is 0 Å². The third-order valence-electron chi connectivity index (χ3n) is 4.49. The highest BCUT2D eigenvalue weighted by atomic mass is 32.1. The van der Waals surface area contributed by atoms with Crippen molar-refractivity contribution < 1.29 is 9.53 Å². The molecule has 1 fully saturated rings. The number of carbonyl (C=O) groups excluding carboxylic acids is 1. The Morgan fingerprint density at radius 3 is 2.64 bits per heavy atom. The van der Waals surface area contributed by atoms with Gasteiger partial charge in [-0.15, -0.1) is 11.3 Å². The normalized spacial score (nSPS) is 14.9. The van der Waals surface area contributed by atoms with Gasteiger partial charge in [-0.05, 0) is 44.2 Å². The van der Waals surface area contributed by atoms with Gasteiger partial charge >= 0.3 is 0 Å². The first kappa shape index (κ1) is 16.2. The van der Waals surface area contributed by atoms with Gasteiger partial charge in [0.15, 0.2) is 0 Å². The molecule has 1 aliphatic rings. The Morgan fingerprint density at radius 1 is 1.12 bits per heavy atom. The Bertz CT molecular complexity index is 942. The first-order valence-electron chi connectivity index (χ1n) is 8.47. The van der Waals surface area contributed by atoms with Crippen molar-refractivity contribution in [3.8, 4) is 10.6 Å². The van der Waals surface area contributed by atoms with Gasteiger partial charge in [-0.3, -0.25) is 4.79 Å². The van der Waals surface area contributed by atoms with Crippen molar-refractivity contribution in [1.82, 2.24) is 9.88 Å². The predicted octanol–water partition coefficient (Wildman–Crippen LogP) is 4.05. The average Bonchev–Trinajstić information content (AvgIpc) is 3.07. The highest BCUT2D eigenvalue weighted by molar-refractivity contribution is 7.15. The van der Waals surface area contributed by atoms with E-state index in [1.807, 2.05) is 30.0 Å². The fourth-order valence-corrected chi connectivity index (χ4v) is 3.98. The van der Waals surface area contributed by atoms with Crippen LogP contribution in [0.5, 0.6) is 0 Å². The molecule has 0 saturated carbocycles. The zero-order valence-electron chi connectivity index (χ0n) is 14.4. The van der Waals surface area contributed by atoms with E-state index in [1.165, 1.54) is 4.88 Å². The number of thiophene rings is 1. The van der Waals surface area contributed by atoms with Crippen molar-refractivity contribution >= 4 is 28.1 Å². The Hall–Kier alpha value is -2.24. The van der Waals surface area contributed by atoms with Crippen molar-refractivity contribution in [2.24, 2.45) is 0 Å². The molecule has 1 saturated heterocycles. The lowest BCUT2D eigenvalue weighted by Gasteiger charge is -2.27. The quantitative estimate of drug-likeness (QED) is 0.699. The number of hydrogen-bond donors (Lipinski definition) is 0. The maximum atomic E-state index is 13.2. The van der Waals surface area contributed by atoms with Gasteiger partial charge < -0.3 is 9.64 Å². The SMILES string of the molecule is Cc1ccc2nc(-c3ccc(C)s3)cc(C(=O)N3CCOCC3)c2c1. The van der Waals surface area contributed by atoms with Crippen LogP contribution in [0.25, 0.3) is 21.5 Å². The van der Waals surface area contributed by atoms with E-state index < -0.39 is 0 Å². The zero-order chi connectivity index (χ0) is 17.4. The molecule has 5 heteroatoms. The largest absolute Gasteiger partial charge is 0.378 e. The Labute approximate surface area is 151 Å². The molecule has 3 heterocycles. The molecule has 2 aromatic heterocycles. The second-order valence-corrected chi connectivity index (χ2v) is 7.68. The average molecular weight is 352 g/mol. The molecule has 128 valence electrons. The summed E-state index contributed by atoms with van der Waals surface area (Å²) in [4.78, 5) is 22.2. The maximum absolute atomic E-state index is 13.2. The number of ether oxygens (including phenoxy) is 1. The fraction of sp³-hybridized carbons (Fsp3) is 0.300. The van der Waals surface area contributed by atoms with Gasteiger partial charge in [0, 0.05) is 23.4 Å². The number of hydrogen-bond acceptors (Lipinski definition) is 4. The van der Waals surface area contributed by atoms with Crippen molar-refractivity contribution in [1.29, 1.82) is 0 Å². The molecule has 1 aliphatic heterocycles. The number of aryl methyl sites for hydroxylation is 2. The van der Waals surface area contributed by atoms with Crippen molar-refractivity contribution in [2.75, 3.05) is 26.3 Å². The van der Waals surface area contributed by atoms with Gasteiger partial charge in [0.25, 0.3) is 5.91 Å². The number of aromatic nitrogens is 1. The van der Waals surface area contributed by atoms with Crippen LogP contribution in [0.1, 0.15) is 20.8 Å². The van der Waals surface area contributed by atoms with Gasteiger partial charge in [-0.25, -0.2) is 4.98 Å². The highest BCUT2D eigenvalue weighted by Crippen LogP contribution is 2.31. The van der Waals surface area contributed by atoms with Gasteiger partial charge in [0.1, 0.15) is 0 Å². The molecule has 0 atom stereocenters. The highest BCUT2D eigenvalue weighted by Gasteiger charge is 2.22. The van der Waals surface area contributed by atoms with Gasteiger partial charge in [-0.1, -0.05) is 11.6 Å². The number of pyridine rings is 1. The van der Waals surface area contributed by atoms with Crippen molar-refractivity contribution in [3.05, 3.63) is 52.4 Å². The summed E-state index contributed by atoms with van der Waals surface area (Å²) in [6, 6.07) is 12.2. The van der Waals surface area contributed by atoms with E-state index in [-0.39, 0.29) is 5.91 Å². The Morgan fingerprint density at radius 2 is 1.92 bits per heavy atom. The lowest BCUT2D eigenvalue weighted by Crippen LogP contribution is -2.40. The van der Waals surface area contributed by atoms with Crippen LogP contribution in [0.3, 0.4) is 0 Å². The molecular formula is C20H20N2O2S. The molecule has 0 unspecified atom stereocenters. The number of amides is 1. The van der Waals surface area contributed by atoms with Crippen LogP contribution in [0.2, 0.25) is 0 Å². The topological polar surface area (TPSA) is 42.4 Å². The van der Waals surface area contributed by atoms with E-state index in [0.717, 1.165) is 32.6 Å². The predicted molar refractivity (Wildman–Crippen MR) is 101 cm³/mol. The number of nitrogens with zero attached hydrogens (tertiary/aromatic N) is 2. The lowest BCUT2D eigenvalue weighted by molar-refractivity contribution is 0.0304. The summed E-state index contributed by atoms with van der Waals surface area (Å²) in [5, 5.41) is 0.925. The minimum absolute atomic E-state index is 0.0656. The van der Waals surface area contributed by atoms with Crippen LogP contribution >= 0.6 is 11.3 Å². The minimum Gasteiger partial charge on any atom is -0.378 e. The first-order valence-corrected chi connectivity index (χ1v) is 9.29. The first-order chi connectivity index (χ1) is 12.1. The van der Waals surface area contributed by atoms with Gasteiger partial charge in [-0.2, -0.15) is 0 Å². The van der Waals surface area contributed by atoms with E-state index in [2.05, 4.69) is 25.1 Å². The van der Waals surface area contributed by atoms with Gasteiger partial charge in [0.05, 0.1) is 34.9 Å². The molecule has 25 heavy (non-hydrogen) atoms. The Kier molecular flexibility index (Phi) is 4.27. The third-order valence-corrected chi connectivity index (χ3v) is 5.51. The molecule has 0 spiro atoms. The smallest absolute Gasteiger partial charge is 0.254 e. The number of fused-ring (bicyclic) bond motifs is 1. The van der Waals surface area contributed by atoms with Crippen LogP contribution in [-0.2, 0) is 4.74 Å². The molecule has 4 rings (SSSR count). The van der Waals surface area contributed by atoms with Crippen molar-refractivity contribution in [2.45, 2.75) is 13.8 Å². The number of rotatable bonds is 2. The van der Waals surface area contributed by atoms with Gasteiger partial charge in [0.2, 0.25) is 0 Å². The molecule has 1 aromatic carbocycles. The summed E-state index contributed by atoms with van der Waals surface area (Å²) in [5.41, 5.74) is 3.60. The number of benzene rings is 1. The molecule has 0 aliphatic carbocycles. The lowest BCUT2D eigenvalue weighted by atomic mass is 10.0. The summed E-state index contributed by atoms with van der Waals surface area (Å²) in [7, 11) is 0. The second-order valence-electron chi connectivity index (χ2n) is 6.39. The summed E-state index contributed by atoms with van der Waals surface area (Å²) < 4.78 is 5.38. The molecule has 3 aromatic rings. The third kappa shape index (κ3) is 3.17. The van der Waals surface area contributed by atoms with Crippen LogP contribution in [-0.4, -0.2) is 42.1 Å². The van der Waals surface area contributed by atoms with Crippen LogP contribution in [0, 0.1) is 13.8 Å². The molecule has 0 N–H and O–H groups in total. The summed E-state index contributed by atoms with van der Waals surface area (Å²) in [6.45, 7) is 6.61. The maximum Gasteiger partial charge on any atom is 0.254 e. The molecule has 1 amide bonds. The van der Waals surface area contributed by atoms with E-state index in [4.69, 9.17) is 9.72 Å². The summed E-state index contributed by atoms with van der Waals surface area (Å²) >= 11 is 1.70. The van der Waals surface area contributed by atoms with Crippen LogP contribution in [0.15, 0.2) is 36.4 Å². The molecule has 0 radical (unpaired) electrons. The van der Waals surface area contributed by atoms with E-state index in [1.54, 1.807) is 11.3 Å². The van der Waals surface area contributed by atoms with Crippen LogP contribution < -0.4 is 0 Å². The molecule has 0 bridgehead atoms. The summed E-state index contributed by atoms with van der Waals surface area (Å²) in [5.74, 6) is 0.0656. The minimum atomic E-state index is 0.0656. The monoisotopic (exact) mass is 352 g/mol. The molecule has 4 nitrogen and oxygen atoms in total. The van der Waals surface area contributed by atoms with Crippen molar-refractivity contribution in [3.63, 3.8) is 0 Å². The van der Waals surface area contributed by atoms with E-state index in [0.29, 0.717) is 26.3 Å². The second kappa shape index (κ2) is 6.58. The molecular weight excluding hydrogens is 332 g/mol. The van der Waals surface area contributed by atoms with E-state index in [9.17, 15) is 4.79 Å². The zero-order valence-corrected chi connectivity index (χ0v) is 15.2. The standard InChI is InChI=1S/C20H20N2O2S/c1-13-3-5-17-15(11-13)16(20(23)22-7-9-24-10-8-22)12-18(21-17)19-6-4-14(2)25-19/h3-6,11-12H,7-10H2,1-2H3. The fourth-order valence-electron chi connectivity index (χ4n) is 3.15. The van der Waals surface area contributed by atoms with Crippen LogP contribution in [0.4, 0.5) is 0 Å². The number of morpholine rings is 1. The number of carbonyl (C=O) groups is 1.